The van der Waals surface area contributed by atoms with Crippen LogP contribution in [-0.4, -0.2) is 41.8 Å². The van der Waals surface area contributed by atoms with Gasteiger partial charge in [-0.1, -0.05) is 42.5 Å². The number of nitrogens with zero attached hydrogens (tertiary/aromatic N) is 3. The molecule has 3 heterocycles. The van der Waals surface area contributed by atoms with Gasteiger partial charge in [-0.3, -0.25) is 9.69 Å². The summed E-state index contributed by atoms with van der Waals surface area (Å²) in [6.45, 7) is 1.99. The smallest absolute Gasteiger partial charge is 0.421 e. The second-order valence-corrected chi connectivity index (χ2v) is 10.5. The van der Waals surface area contributed by atoms with E-state index < -0.39 is 23.8 Å². The zero-order chi connectivity index (χ0) is 30.2. The highest BCUT2D eigenvalue weighted by molar-refractivity contribution is 7.09. The number of benzene rings is 2. The number of carbonyl (C=O) groups excluding carboxylic acids is 2. The maximum atomic E-state index is 14.5. The lowest BCUT2D eigenvalue weighted by Crippen LogP contribution is -2.43. The van der Waals surface area contributed by atoms with Gasteiger partial charge in [-0.15, -0.1) is 11.3 Å². The number of methoxy groups -OCH3 is 1. The fraction of sp³-hybridized carbons (Fsp3) is 0.212. The van der Waals surface area contributed by atoms with Gasteiger partial charge in [-0.25, -0.2) is 19.2 Å². The Morgan fingerprint density at radius 3 is 2.74 bits per heavy atom. The molecule has 2 unspecified atom stereocenters. The lowest BCUT2D eigenvalue weighted by molar-refractivity contribution is -0.143. The third-order valence-corrected chi connectivity index (χ3v) is 7.75. The summed E-state index contributed by atoms with van der Waals surface area (Å²) >= 11 is 1.38. The van der Waals surface area contributed by atoms with Crippen LogP contribution in [-0.2, 0) is 9.53 Å². The number of thiazole rings is 1. The van der Waals surface area contributed by atoms with E-state index in [2.05, 4.69) is 4.98 Å². The summed E-state index contributed by atoms with van der Waals surface area (Å²) in [5, 5.41) is 2.53. The summed E-state index contributed by atoms with van der Waals surface area (Å²) in [5.41, 5.74) is 2.10. The minimum Gasteiger partial charge on any atom is -0.494 e. The number of hydrogen-bond donors (Lipinski definition) is 0. The van der Waals surface area contributed by atoms with Gasteiger partial charge in [0.15, 0.2) is 11.6 Å². The second kappa shape index (κ2) is 13.9. The molecule has 220 valence electrons. The zero-order valence-corrected chi connectivity index (χ0v) is 24.5. The van der Waals surface area contributed by atoms with E-state index in [4.69, 9.17) is 19.2 Å². The molecule has 10 heteroatoms. The van der Waals surface area contributed by atoms with E-state index in [-0.39, 0.29) is 24.8 Å². The minimum absolute atomic E-state index is 0.0219. The number of aromatic nitrogens is 2. The van der Waals surface area contributed by atoms with Crippen molar-refractivity contribution in [2.24, 2.45) is 0 Å². The average molecular weight is 600 g/mol. The third-order valence-electron chi connectivity index (χ3n) is 6.78. The van der Waals surface area contributed by atoms with Gasteiger partial charge in [0.25, 0.3) is 0 Å². The molecule has 1 aliphatic rings. The first-order valence-electron chi connectivity index (χ1n) is 13.8. The second-order valence-electron chi connectivity index (χ2n) is 9.60. The van der Waals surface area contributed by atoms with Gasteiger partial charge in [0.2, 0.25) is 0 Å². The summed E-state index contributed by atoms with van der Waals surface area (Å²) in [6, 6.07) is 16.9. The van der Waals surface area contributed by atoms with Gasteiger partial charge in [0, 0.05) is 23.1 Å². The molecule has 43 heavy (non-hydrogen) atoms. The minimum atomic E-state index is -0.529. The molecule has 0 spiro atoms. The number of pyridine rings is 1. The number of para-hydroxylation sites is 1. The van der Waals surface area contributed by atoms with Gasteiger partial charge >= 0.3 is 12.1 Å². The van der Waals surface area contributed by atoms with E-state index in [9.17, 15) is 14.0 Å². The van der Waals surface area contributed by atoms with Crippen LogP contribution in [0.2, 0.25) is 0 Å². The molecule has 0 N–H and O–H groups in total. The molecule has 0 radical (unpaired) electrons. The van der Waals surface area contributed by atoms with Crippen molar-refractivity contribution in [3.63, 3.8) is 0 Å². The Morgan fingerprint density at radius 2 is 1.98 bits per heavy atom. The number of anilines is 1. The zero-order valence-electron chi connectivity index (χ0n) is 23.7. The normalized spacial score (nSPS) is 14.8. The molecule has 0 bridgehead atoms. The van der Waals surface area contributed by atoms with Crippen molar-refractivity contribution in [1.29, 1.82) is 0 Å². The molecule has 2 aromatic heterocycles. The van der Waals surface area contributed by atoms with Crippen molar-refractivity contribution >= 4 is 41.4 Å². The Bertz CT molecular complexity index is 1640. The van der Waals surface area contributed by atoms with Crippen molar-refractivity contribution in [3.8, 4) is 11.5 Å². The molecule has 8 nitrogen and oxygen atoms in total. The maximum Gasteiger partial charge on any atom is 0.421 e. The molecule has 0 saturated heterocycles. The van der Waals surface area contributed by atoms with Crippen molar-refractivity contribution in [2.45, 2.75) is 31.7 Å². The van der Waals surface area contributed by atoms with Crippen LogP contribution >= 0.6 is 11.3 Å². The number of amides is 1. The third kappa shape index (κ3) is 7.15. The highest BCUT2D eigenvalue weighted by atomic mass is 32.1. The van der Waals surface area contributed by atoms with Gasteiger partial charge in [0.1, 0.15) is 16.6 Å². The van der Waals surface area contributed by atoms with Gasteiger partial charge in [-0.2, -0.15) is 0 Å². The molecular formula is C33H30FN3O5S. The average Bonchev–Trinajstić information content (AvgIpc) is 3.48. The topological polar surface area (TPSA) is 90.9 Å². The van der Waals surface area contributed by atoms with Crippen LogP contribution in [0, 0.1) is 5.82 Å². The number of ether oxygens (including phenoxy) is 3. The number of esters is 1. The van der Waals surface area contributed by atoms with Crippen molar-refractivity contribution in [3.05, 3.63) is 112 Å². The molecule has 2 aromatic carbocycles. The first-order valence-corrected chi connectivity index (χ1v) is 14.6. The largest absolute Gasteiger partial charge is 0.494 e. The van der Waals surface area contributed by atoms with Crippen molar-refractivity contribution in [1.82, 2.24) is 9.97 Å². The quantitative estimate of drug-likeness (QED) is 0.177. The number of halogens is 1. The van der Waals surface area contributed by atoms with E-state index in [1.165, 1.54) is 30.6 Å². The Labute approximate surface area is 253 Å². The van der Waals surface area contributed by atoms with Crippen molar-refractivity contribution < 1.29 is 28.2 Å². The number of hydrogen-bond acceptors (Lipinski definition) is 8. The van der Waals surface area contributed by atoms with E-state index in [0.29, 0.717) is 34.3 Å². The summed E-state index contributed by atoms with van der Waals surface area (Å²) in [5.74, 6) is -0.308. The van der Waals surface area contributed by atoms with Crippen LogP contribution in [0.1, 0.15) is 47.5 Å². The van der Waals surface area contributed by atoms with Crippen LogP contribution < -0.4 is 14.4 Å². The lowest BCUT2D eigenvalue weighted by Gasteiger charge is -2.31. The maximum absolute atomic E-state index is 14.5. The van der Waals surface area contributed by atoms with Crippen molar-refractivity contribution in [2.75, 3.05) is 18.6 Å². The molecule has 1 aliphatic heterocycles. The lowest BCUT2D eigenvalue weighted by atomic mass is 9.96. The number of rotatable bonds is 10. The summed E-state index contributed by atoms with van der Waals surface area (Å²) in [6.07, 6.45) is 9.29. The van der Waals surface area contributed by atoms with E-state index in [1.54, 1.807) is 48.4 Å². The molecule has 1 amide bonds. The predicted molar refractivity (Wildman–Crippen MR) is 164 cm³/mol. The van der Waals surface area contributed by atoms with Gasteiger partial charge in [-0.05, 0) is 61.4 Å². The van der Waals surface area contributed by atoms with E-state index in [0.717, 1.165) is 5.56 Å². The number of fused-ring (bicyclic) bond motifs is 1. The highest BCUT2D eigenvalue weighted by Crippen LogP contribution is 2.34. The highest BCUT2D eigenvalue weighted by Gasteiger charge is 2.30. The van der Waals surface area contributed by atoms with Gasteiger partial charge < -0.3 is 14.2 Å². The van der Waals surface area contributed by atoms with E-state index in [1.807, 2.05) is 47.9 Å². The fourth-order valence-corrected chi connectivity index (χ4v) is 5.66. The molecule has 0 aliphatic carbocycles. The van der Waals surface area contributed by atoms with Crippen LogP contribution in [0.25, 0.3) is 12.2 Å². The van der Waals surface area contributed by atoms with E-state index >= 15 is 0 Å². The first-order chi connectivity index (χ1) is 21.0. The number of carbonyl (C=O) groups is 2. The predicted octanol–water partition coefficient (Wildman–Crippen LogP) is 7.28. The molecule has 0 saturated carbocycles. The molecular weight excluding hydrogens is 569 g/mol. The molecule has 2 atom stereocenters. The standard InChI is InChI=1S/C33H30FN3O5S/c1-3-41-30(38)20-27(23-15-17-29(40-2)28(34)19-23)32-36-24(21-43-32)10-7-11-25-16-14-22-9-8-18-35-31(22)37(25)33(39)42-26-12-5-4-6-13-26/h4-10,12-19,21,25,27H,3,11,20H2,1-2H3. The Balaban J connectivity index is 1.34. The van der Waals surface area contributed by atoms with Gasteiger partial charge in [0.05, 0.1) is 31.9 Å². The Hall–Kier alpha value is -4.83. The fourth-order valence-electron chi connectivity index (χ4n) is 4.74. The van der Waals surface area contributed by atoms with Crippen LogP contribution in [0.15, 0.2) is 84.4 Å². The summed E-state index contributed by atoms with van der Waals surface area (Å²) in [7, 11) is 1.40. The monoisotopic (exact) mass is 599 g/mol. The molecule has 5 rings (SSSR count). The SMILES string of the molecule is CCOC(=O)CC(c1ccc(OC)c(F)c1)c1nc(C=CCC2C=Cc3cccnc3N2C(=O)Oc2ccccc2)cs1. The van der Waals surface area contributed by atoms with Crippen LogP contribution in [0.4, 0.5) is 15.0 Å². The molecule has 4 aromatic rings. The molecule has 0 fully saturated rings. The summed E-state index contributed by atoms with van der Waals surface area (Å²) < 4.78 is 30.4. The van der Waals surface area contributed by atoms with Crippen LogP contribution in [0.3, 0.4) is 0 Å². The first kappa shape index (κ1) is 29.7. The Kier molecular flexibility index (Phi) is 9.58. The van der Waals surface area contributed by atoms with Crippen LogP contribution in [0.5, 0.6) is 11.5 Å². The summed E-state index contributed by atoms with van der Waals surface area (Å²) in [4.78, 5) is 36.5. The Morgan fingerprint density at radius 1 is 1.14 bits per heavy atom.